The Morgan fingerprint density at radius 3 is 3.18 bits per heavy atom. The van der Waals surface area contributed by atoms with Crippen molar-refractivity contribution in [2.75, 3.05) is 0 Å². The van der Waals surface area contributed by atoms with Gasteiger partial charge in [-0.05, 0) is 17.9 Å². The van der Waals surface area contributed by atoms with Gasteiger partial charge in [-0.15, -0.1) is 23.0 Å². The van der Waals surface area contributed by atoms with Crippen molar-refractivity contribution in [3.63, 3.8) is 0 Å². The van der Waals surface area contributed by atoms with Crippen molar-refractivity contribution in [3.8, 4) is 0 Å². The fourth-order valence-corrected chi connectivity index (χ4v) is 2.76. The first-order valence-electron chi connectivity index (χ1n) is 5.02. The van der Waals surface area contributed by atoms with Crippen LogP contribution in [-0.2, 0) is 4.79 Å². The van der Waals surface area contributed by atoms with Gasteiger partial charge < -0.3 is 5.32 Å². The molecule has 1 aromatic heterocycles. The van der Waals surface area contributed by atoms with Gasteiger partial charge in [0.1, 0.15) is 0 Å². The van der Waals surface area contributed by atoms with Gasteiger partial charge in [0.15, 0.2) is 5.17 Å². The van der Waals surface area contributed by atoms with Crippen LogP contribution in [-0.4, -0.2) is 22.5 Å². The smallest absolute Gasteiger partial charge is 0.239 e. The third-order valence-electron chi connectivity index (χ3n) is 2.03. The summed E-state index contributed by atoms with van der Waals surface area (Å²) in [6, 6.07) is 3.90. The molecule has 1 N–H and O–H groups in total. The third kappa shape index (κ3) is 3.28. The van der Waals surface area contributed by atoms with E-state index in [2.05, 4.69) is 22.1 Å². The lowest BCUT2D eigenvalue weighted by Gasteiger charge is -1.96. The summed E-state index contributed by atoms with van der Waals surface area (Å²) < 4.78 is 0. The van der Waals surface area contributed by atoms with Crippen LogP contribution in [0.4, 0.5) is 0 Å². The number of rotatable bonds is 4. The Hall–Kier alpha value is -1.40. The third-order valence-corrected chi connectivity index (χ3v) is 3.94. The molecule has 1 aromatic rings. The Morgan fingerprint density at radius 1 is 1.59 bits per heavy atom. The number of allylic oxidation sites excluding steroid dienone is 1. The summed E-state index contributed by atoms with van der Waals surface area (Å²) in [5.41, 5.74) is 0. The summed E-state index contributed by atoms with van der Waals surface area (Å²) in [5.74, 6) is -0.0278. The maximum absolute atomic E-state index is 11.5. The number of amides is 1. The first-order valence-corrected chi connectivity index (χ1v) is 6.78. The second-order valence-corrected chi connectivity index (χ2v) is 5.46. The summed E-state index contributed by atoms with van der Waals surface area (Å²) in [6.07, 6.45) is 4.05. The highest BCUT2D eigenvalue weighted by molar-refractivity contribution is 8.15. The van der Waals surface area contributed by atoms with E-state index in [0.717, 1.165) is 4.88 Å². The fourth-order valence-electron chi connectivity index (χ4n) is 1.26. The summed E-state index contributed by atoms with van der Waals surface area (Å²) >= 11 is 2.98. The average molecular weight is 265 g/mol. The zero-order valence-corrected chi connectivity index (χ0v) is 10.6. The number of hydrogen-bond donors (Lipinski definition) is 1. The van der Waals surface area contributed by atoms with Crippen LogP contribution in [0, 0.1) is 0 Å². The second kappa shape index (κ2) is 5.79. The number of thioether (sulfide) groups is 1. The van der Waals surface area contributed by atoms with Gasteiger partial charge in [-0.25, -0.2) is 0 Å². The van der Waals surface area contributed by atoms with Crippen LogP contribution < -0.4 is 5.32 Å². The molecule has 1 aliphatic heterocycles. The lowest BCUT2D eigenvalue weighted by atomic mass is 10.3. The second-order valence-electron chi connectivity index (χ2n) is 3.29. The Kier molecular flexibility index (Phi) is 4.11. The van der Waals surface area contributed by atoms with Crippen molar-refractivity contribution in [2.24, 2.45) is 10.2 Å². The molecular formula is C11H11N3OS2. The van der Waals surface area contributed by atoms with E-state index in [0.29, 0.717) is 11.6 Å². The van der Waals surface area contributed by atoms with E-state index in [4.69, 9.17) is 0 Å². The molecule has 1 amide bonds. The Morgan fingerprint density at radius 2 is 2.47 bits per heavy atom. The summed E-state index contributed by atoms with van der Waals surface area (Å²) in [7, 11) is 0. The SMILES string of the molecule is C=CCC1S/C(=N\N=C\c2cccs2)NC1=O. The number of nitrogens with zero attached hydrogens (tertiary/aromatic N) is 2. The van der Waals surface area contributed by atoms with Crippen molar-refractivity contribution < 1.29 is 4.79 Å². The van der Waals surface area contributed by atoms with Gasteiger partial charge in [-0.2, -0.15) is 5.10 Å². The standard InChI is InChI=1S/C11H11N3OS2/c1-2-4-9-10(15)13-11(17-9)14-12-7-8-5-3-6-16-8/h2-3,5-7,9H,1,4H2,(H,13,14,15)/b12-7+. The number of carbonyl (C=O) groups is 1. The minimum absolute atomic E-state index is 0.0278. The van der Waals surface area contributed by atoms with Crippen LogP contribution in [0.25, 0.3) is 0 Å². The highest BCUT2D eigenvalue weighted by Gasteiger charge is 2.28. The summed E-state index contributed by atoms with van der Waals surface area (Å²) in [5, 5.41) is 13.0. The van der Waals surface area contributed by atoms with Crippen LogP contribution in [0.2, 0.25) is 0 Å². The molecule has 0 saturated carbocycles. The van der Waals surface area contributed by atoms with Gasteiger partial charge >= 0.3 is 0 Å². The van der Waals surface area contributed by atoms with Gasteiger partial charge in [0.25, 0.3) is 0 Å². The molecular weight excluding hydrogens is 254 g/mol. The Bertz CT molecular complexity index is 465. The minimum atomic E-state index is -0.122. The maximum Gasteiger partial charge on any atom is 0.239 e. The van der Waals surface area contributed by atoms with Gasteiger partial charge in [0, 0.05) is 4.88 Å². The van der Waals surface area contributed by atoms with E-state index >= 15 is 0 Å². The molecule has 1 aliphatic rings. The van der Waals surface area contributed by atoms with Crippen molar-refractivity contribution in [1.29, 1.82) is 0 Å². The number of nitrogens with one attached hydrogen (secondary N) is 1. The summed E-state index contributed by atoms with van der Waals surface area (Å²) in [6.45, 7) is 3.62. The van der Waals surface area contributed by atoms with E-state index in [9.17, 15) is 4.79 Å². The molecule has 88 valence electrons. The molecule has 2 rings (SSSR count). The first-order chi connectivity index (χ1) is 8.29. The van der Waals surface area contributed by atoms with Crippen LogP contribution in [0.15, 0.2) is 40.4 Å². The normalized spacial score (nSPS) is 22.2. The van der Waals surface area contributed by atoms with Crippen LogP contribution in [0.3, 0.4) is 0 Å². The molecule has 2 heterocycles. The number of hydrogen-bond acceptors (Lipinski definition) is 5. The predicted molar refractivity (Wildman–Crippen MR) is 73.7 cm³/mol. The molecule has 0 bridgehead atoms. The van der Waals surface area contributed by atoms with E-state index in [-0.39, 0.29) is 11.2 Å². The van der Waals surface area contributed by atoms with Gasteiger partial charge in [-0.3, -0.25) is 4.79 Å². The molecule has 0 radical (unpaired) electrons. The lowest BCUT2D eigenvalue weighted by Crippen LogP contribution is -2.24. The lowest BCUT2D eigenvalue weighted by molar-refractivity contribution is -0.118. The van der Waals surface area contributed by atoms with Crippen LogP contribution in [0.5, 0.6) is 0 Å². The molecule has 17 heavy (non-hydrogen) atoms. The predicted octanol–water partition coefficient (Wildman–Crippen LogP) is 2.25. The first kappa shape index (κ1) is 12.1. The van der Waals surface area contributed by atoms with E-state index in [1.165, 1.54) is 11.8 Å². The molecule has 1 saturated heterocycles. The van der Waals surface area contributed by atoms with Gasteiger partial charge in [0.2, 0.25) is 5.91 Å². The van der Waals surface area contributed by atoms with Crippen molar-refractivity contribution in [2.45, 2.75) is 11.7 Å². The number of amidine groups is 1. The quantitative estimate of drug-likeness (QED) is 0.516. The zero-order chi connectivity index (χ0) is 12.1. The van der Waals surface area contributed by atoms with Gasteiger partial charge in [-0.1, -0.05) is 23.9 Å². The molecule has 0 aromatic carbocycles. The maximum atomic E-state index is 11.5. The Balaban J connectivity index is 1.95. The Labute approximate surface area is 108 Å². The topological polar surface area (TPSA) is 53.8 Å². The zero-order valence-electron chi connectivity index (χ0n) is 9.00. The van der Waals surface area contributed by atoms with Crippen molar-refractivity contribution in [1.82, 2.24) is 5.32 Å². The van der Waals surface area contributed by atoms with Gasteiger partial charge in [0.05, 0.1) is 11.5 Å². The van der Waals surface area contributed by atoms with E-state index < -0.39 is 0 Å². The van der Waals surface area contributed by atoms with Crippen molar-refractivity contribution in [3.05, 3.63) is 35.0 Å². The molecule has 0 aliphatic carbocycles. The highest BCUT2D eigenvalue weighted by atomic mass is 32.2. The number of thiophene rings is 1. The molecule has 0 spiro atoms. The van der Waals surface area contributed by atoms with E-state index in [1.807, 2.05) is 17.5 Å². The number of carbonyl (C=O) groups excluding carboxylic acids is 1. The molecule has 1 unspecified atom stereocenters. The minimum Gasteiger partial charge on any atom is -0.303 e. The monoisotopic (exact) mass is 265 g/mol. The average Bonchev–Trinajstić information content (AvgIpc) is 2.91. The molecule has 1 fully saturated rings. The van der Waals surface area contributed by atoms with Crippen molar-refractivity contribution >= 4 is 40.4 Å². The molecule has 4 nitrogen and oxygen atoms in total. The fraction of sp³-hybridized carbons (Fsp3) is 0.182. The van der Waals surface area contributed by atoms with Crippen LogP contribution >= 0.6 is 23.1 Å². The molecule has 6 heteroatoms. The summed E-state index contributed by atoms with van der Waals surface area (Å²) in [4.78, 5) is 12.5. The highest BCUT2D eigenvalue weighted by Crippen LogP contribution is 2.22. The van der Waals surface area contributed by atoms with E-state index in [1.54, 1.807) is 23.6 Å². The molecule has 1 atom stereocenters. The van der Waals surface area contributed by atoms with Crippen LogP contribution in [0.1, 0.15) is 11.3 Å². The largest absolute Gasteiger partial charge is 0.303 e.